The second-order valence-electron chi connectivity index (χ2n) is 3.68. The summed E-state index contributed by atoms with van der Waals surface area (Å²) in [6.45, 7) is 1.99. The molecule has 18 heavy (non-hydrogen) atoms. The van der Waals surface area contributed by atoms with Crippen molar-refractivity contribution in [3.8, 4) is 0 Å². The number of aromatic nitrogens is 4. The van der Waals surface area contributed by atoms with Gasteiger partial charge in [-0.25, -0.2) is 0 Å². The van der Waals surface area contributed by atoms with E-state index in [1.54, 1.807) is 6.92 Å². The van der Waals surface area contributed by atoms with Crippen LogP contribution in [0.2, 0.25) is 0 Å². The second kappa shape index (κ2) is 6.03. The molecule has 0 aliphatic rings. The molecule has 0 unspecified atom stereocenters. The lowest BCUT2D eigenvalue weighted by molar-refractivity contribution is -0.127. The molecule has 0 saturated carbocycles. The van der Waals surface area contributed by atoms with E-state index in [0.717, 1.165) is 0 Å². The highest BCUT2D eigenvalue weighted by Crippen LogP contribution is 2.30. The van der Waals surface area contributed by atoms with Gasteiger partial charge in [0.05, 0.1) is 5.75 Å². The highest BCUT2D eigenvalue weighted by molar-refractivity contribution is 8.00. The van der Waals surface area contributed by atoms with Gasteiger partial charge in [-0.1, -0.05) is 12.1 Å². The molecule has 1 aromatic rings. The first kappa shape index (κ1) is 14.7. The number of rotatable bonds is 5. The van der Waals surface area contributed by atoms with E-state index in [1.165, 1.54) is 11.9 Å². The molecule has 1 N–H and O–H groups in total. The van der Waals surface area contributed by atoms with Crippen LogP contribution < -0.4 is 0 Å². The van der Waals surface area contributed by atoms with Crippen molar-refractivity contribution in [1.29, 1.82) is 0 Å². The third-order valence-corrected chi connectivity index (χ3v) is 2.85. The topological polar surface area (TPSA) is 74.8 Å². The summed E-state index contributed by atoms with van der Waals surface area (Å²) in [5.74, 6) is -1.00. The first-order valence-corrected chi connectivity index (χ1v) is 5.96. The zero-order valence-electron chi connectivity index (χ0n) is 9.73. The summed E-state index contributed by atoms with van der Waals surface area (Å²) in [6, 6.07) is 0. The van der Waals surface area contributed by atoms with Crippen molar-refractivity contribution in [2.24, 2.45) is 0 Å². The molecule has 1 rings (SSSR count). The van der Waals surface area contributed by atoms with E-state index >= 15 is 0 Å². The zero-order valence-corrected chi connectivity index (χ0v) is 10.5. The minimum absolute atomic E-state index is 0.200. The van der Waals surface area contributed by atoms with Gasteiger partial charge in [-0.15, -0.1) is 10.2 Å². The maximum atomic E-state index is 11.9. The van der Waals surface area contributed by atoms with Crippen LogP contribution in [0.4, 0.5) is 13.2 Å². The number of H-pyrrole nitrogens is 1. The monoisotopic (exact) mass is 283 g/mol. The number of likely N-dealkylation sites (N-methyl/N-ethyl adjacent to an activating group) is 1. The lowest BCUT2D eigenvalue weighted by Crippen LogP contribution is -2.32. The van der Waals surface area contributed by atoms with Crippen LogP contribution in [0.1, 0.15) is 18.7 Å². The second-order valence-corrected chi connectivity index (χ2v) is 4.72. The van der Waals surface area contributed by atoms with E-state index in [4.69, 9.17) is 0 Å². The van der Waals surface area contributed by atoms with Crippen LogP contribution in [-0.4, -0.2) is 56.3 Å². The summed E-state index contributed by atoms with van der Waals surface area (Å²) in [6.07, 6.45) is 0. The number of aromatic amines is 1. The van der Waals surface area contributed by atoms with E-state index in [-0.39, 0.29) is 24.2 Å². The Morgan fingerprint density at radius 3 is 2.72 bits per heavy atom. The molecule has 6 nitrogen and oxygen atoms in total. The summed E-state index contributed by atoms with van der Waals surface area (Å²) in [5, 5.41) is 13.1. The van der Waals surface area contributed by atoms with Gasteiger partial charge in [0.2, 0.25) is 5.91 Å². The third-order valence-electron chi connectivity index (χ3n) is 2.14. The van der Waals surface area contributed by atoms with Gasteiger partial charge in [-0.05, 0) is 11.8 Å². The summed E-state index contributed by atoms with van der Waals surface area (Å²) in [5.41, 5.74) is -4.39. The van der Waals surface area contributed by atoms with Crippen molar-refractivity contribution in [2.75, 3.05) is 19.3 Å². The average molecular weight is 283 g/mol. The number of nitrogens with zero attached hydrogens (tertiary/aromatic N) is 4. The highest BCUT2D eigenvalue weighted by Gasteiger charge is 2.30. The maximum absolute atomic E-state index is 11.9. The Balaban J connectivity index is 2.40. The molecule has 0 aromatic carbocycles. The van der Waals surface area contributed by atoms with Crippen LogP contribution in [0, 0.1) is 0 Å². The Hall–Kier alpha value is -1.32. The molecule has 0 saturated heterocycles. The van der Waals surface area contributed by atoms with Gasteiger partial charge in [0.1, 0.15) is 0 Å². The average Bonchev–Trinajstić information content (AvgIpc) is 2.77. The summed E-state index contributed by atoms with van der Waals surface area (Å²) >= 11 is -0.346. The number of nitrogens with one attached hydrogen (secondary N) is 1. The van der Waals surface area contributed by atoms with Crippen molar-refractivity contribution >= 4 is 17.7 Å². The minimum Gasteiger partial charge on any atom is -0.344 e. The van der Waals surface area contributed by atoms with Gasteiger partial charge in [-0.3, -0.25) is 4.79 Å². The smallest absolute Gasteiger partial charge is 0.344 e. The van der Waals surface area contributed by atoms with Crippen LogP contribution in [0.15, 0.2) is 0 Å². The van der Waals surface area contributed by atoms with Crippen molar-refractivity contribution in [3.05, 3.63) is 5.82 Å². The van der Waals surface area contributed by atoms with Gasteiger partial charge >= 0.3 is 5.51 Å². The molecule has 0 radical (unpaired) electrons. The molecular weight excluding hydrogens is 271 g/mol. The van der Waals surface area contributed by atoms with Crippen molar-refractivity contribution in [1.82, 2.24) is 25.5 Å². The number of hydrogen-bond acceptors (Lipinski definition) is 5. The number of thioether (sulfide) groups is 1. The Bertz CT molecular complexity index is 383. The lowest BCUT2D eigenvalue weighted by atomic mass is 10.1. The molecule has 1 aromatic heterocycles. The quantitative estimate of drug-likeness (QED) is 0.873. The Labute approximate surface area is 105 Å². The Kier molecular flexibility index (Phi) is 4.93. The van der Waals surface area contributed by atoms with Crippen molar-refractivity contribution in [3.63, 3.8) is 0 Å². The lowest BCUT2D eigenvalue weighted by Gasteiger charge is -2.19. The van der Waals surface area contributed by atoms with Crippen molar-refractivity contribution in [2.45, 2.75) is 18.3 Å². The van der Waals surface area contributed by atoms with Gasteiger partial charge in [-0.2, -0.15) is 18.4 Å². The van der Waals surface area contributed by atoms with Crippen LogP contribution in [0.5, 0.6) is 0 Å². The van der Waals surface area contributed by atoms with Crippen LogP contribution in [-0.2, 0) is 4.79 Å². The van der Waals surface area contributed by atoms with Crippen LogP contribution in [0.25, 0.3) is 0 Å². The zero-order chi connectivity index (χ0) is 13.8. The molecule has 10 heteroatoms. The van der Waals surface area contributed by atoms with E-state index in [9.17, 15) is 18.0 Å². The number of carbonyl (C=O) groups excluding carboxylic acids is 1. The van der Waals surface area contributed by atoms with E-state index in [0.29, 0.717) is 5.82 Å². The number of hydrogen-bond donors (Lipinski definition) is 1. The maximum Gasteiger partial charge on any atom is 0.442 e. The van der Waals surface area contributed by atoms with Gasteiger partial charge in [0.25, 0.3) is 0 Å². The summed E-state index contributed by atoms with van der Waals surface area (Å²) in [7, 11) is 1.44. The molecular formula is C8H12F3N5OS. The predicted molar refractivity (Wildman–Crippen MR) is 58.7 cm³/mol. The fraction of sp³-hybridized carbons (Fsp3) is 0.750. The summed E-state index contributed by atoms with van der Waals surface area (Å²) in [4.78, 5) is 12.7. The molecule has 0 bridgehead atoms. The molecule has 0 fully saturated rings. The number of carbonyl (C=O) groups is 1. The minimum atomic E-state index is -4.39. The van der Waals surface area contributed by atoms with Crippen LogP contribution in [0.3, 0.4) is 0 Å². The van der Waals surface area contributed by atoms with Gasteiger partial charge in [0.15, 0.2) is 5.82 Å². The number of tetrazole rings is 1. The number of amides is 1. The normalized spacial score (nSPS) is 13.4. The largest absolute Gasteiger partial charge is 0.442 e. The molecule has 0 aliphatic carbocycles. The Morgan fingerprint density at radius 1 is 1.56 bits per heavy atom. The fourth-order valence-electron chi connectivity index (χ4n) is 1.23. The molecule has 1 amide bonds. The first-order valence-electron chi connectivity index (χ1n) is 4.97. The molecule has 0 spiro atoms. The van der Waals surface area contributed by atoms with E-state index in [1.807, 2.05) is 0 Å². The fourth-order valence-corrected chi connectivity index (χ4v) is 1.73. The van der Waals surface area contributed by atoms with E-state index < -0.39 is 17.2 Å². The molecule has 0 aliphatic heterocycles. The molecule has 102 valence electrons. The first-order chi connectivity index (χ1) is 8.29. The molecule has 1 heterocycles. The highest BCUT2D eigenvalue weighted by atomic mass is 32.2. The van der Waals surface area contributed by atoms with Crippen molar-refractivity contribution < 1.29 is 18.0 Å². The standard InChI is InChI=1S/C8H12F3N5OS/c1-5(7-12-14-15-13-7)3-16(2)6(17)4-18-8(9,10)11/h5H,3-4H2,1-2H3,(H,12,13,14,15)/t5-/m0/s1. The van der Waals surface area contributed by atoms with Gasteiger partial charge < -0.3 is 4.90 Å². The number of alkyl halides is 3. The SMILES string of the molecule is C[C@@H](CN(C)C(=O)CSC(F)(F)F)c1nn[nH]n1. The van der Waals surface area contributed by atoms with Crippen LogP contribution >= 0.6 is 11.8 Å². The predicted octanol–water partition coefficient (Wildman–Crippen LogP) is 1.01. The molecule has 1 atom stereocenters. The third kappa shape index (κ3) is 4.90. The van der Waals surface area contributed by atoms with E-state index in [2.05, 4.69) is 20.6 Å². The Morgan fingerprint density at radius 2 is 2.22 bits per heavy atom. The van der Waals surface area contributed by atoms with Gasteiger partial charge in [0, 0.05) is 19.5 Å². The summed E-state index contributed by atoms with van der Waals surface area (Å²) < 4.78 is 35.8. The number of halogens is 3.